The minimum atomic E-state index is -0.567. The number of hydrogen-bond acceptors (Lipinski definition) is 5. The quantitative estimate of drug-likeness (QED) is 0.612. The molecule has 2 heterocycles. The fourth-order valence-electron chi connectivity index (χ4n) is 4.39. The molecule has 0 atom stereocenters. The van der Waals surface area contributed by atoms with Gasteiger partial charge in [0.15, 0.2) is 11.5 Å². The number of ether oxygens (including phenoxy) is 2. The number of carbonyl (C=O) groups excluding carboxylic acids is 2. The van der Waals surface area contributed by atoms with Gasteiger partial charge in [0, 0.05) is 31.4 Å². The lowest BCUT2D eigenvalue weighted by Crippen LogP contribution is -2.28. The van der Waals surface area contributed by atoms with Crippen LogP contribution in [0.2, 0.25) is 0 Å². The molecular weight excluding hydrogens is 430 g/mol. The zero-order valence-corrected chi connectivity index (χ0v) is 19.8. The van der Waals surface area contributed by atoms with Gasteiger partial charge in [-0.1, -0.05) is 18.2 Å². The summed E-state index contributed by atoms with van der Waals surface area (Å²) in [5.41, 5.74) is 4.74. The Morgan fingerprint density at radius 2 is 1.76 bits per heavy atom. The van der Waals surface area contributed by atoms with Crippen molar-refractivity contribution in [1.29, 1.82) is 0 Å². The molecule has 1 aromatic heterocycles. The van der Waals surface area contributed by atoms with Gasteiger partial charge in [0.05, 0.1) is 5.41 Å². The van der Waals surface area contributed by atoms with Gasteiger partial charge in [-0.25, -0.2) is 4.98 Å². The number of nitrogens with zero attached hydrogens (tertiary/aromatic N) is 2. The molecule has 0 saturated heterocycles. The summed E-state index contributed by atoms with van der Waals surface area (Å²) in [6, 6.07) is 13.2. The van der Waals surface area contributed by atoms with E-state index in [1.807, 2.05) is 50.2 Å². The SMILES string of the molecule is Cc1c(-c2cccc(C(=O)N(C)C)c2)cnc(NC(=O)C2(c3ccc4c(c3)OCO4)CC2)c1C. The maximum atomic E-state index is 13.3. The predicted molar refractivity (Wildman–Crippen MR) is 129 cm³/mol. The Morgan fingerprint density at radius 1 is 1.00 bits per heavy atom. The summed E-state index contributed by atoms with van der Waals surface area (Å²) < 4.78 is 10.9. The first-order valence-corrected chi connectivity index (χ1v) is 11.3. The van der Waals surface area contributed by atoms with Crippen molar-refractivity contribution in [3.05, 3.63) is 70.9 Å². The summed E-state index contributed by atoms with van der Waals surface area (Å²) in [5.74, 6) is 1.83. The molecule has 34 heavy (non-hydrogen) atoms. The topological polar surface area (TPSA) is 80.8 Å². The highest BCUT2D eigenvalue weighted by molar-refractivity contribution is 6.01. The smallest absolute Gasteiger partial charge is 0.253 e. The zero-order valence-electron chi connectivity index (χ0n) is 19.8. The predicted octanol–water partition coefficient (Wildman–Crippen LogP) is 4.47. The van der Waals surface area contributed by atoms with Gasteiger partial charge >= 0.3 is 0 Å². The van der Waals surface area contributed by atoms with Crippen LogP contribution >= 0.6 is 0 Å². The molecule has 0 spiro atoms. The highest BCUT2D eigenvalue weighted by atomic mass is 16.7. The van der Waals surface area contributed by atoms with Crippen LogP contribution in [0.3, 0.4) is 0 Å². The van der Waals surface area contributed by atoms with E-state index in [2.05, 4.69) is 10.3 Å². The molecule has 1 fully saturated rings. The zero-order chi connectivity index (χ0) is 24.0. The average molecular weight is 458 g/mol. The molecule has 0 radical (unpaired) electrons. The second-order valence-electron chi connectivity index (χ2n) is 9.16. The number of benzene rings is 2. The van der Waals surface area contributed by atoms with Crippen molar-refractivity contribution in [2.45, 2.75) is 32.1 Å². The monoisotopic (exact) mass is 457 g/mol. The van der Waals surface area contributed by atoms with E-state index in [-0.39, 0.29) is 18.6 Å². The number of nitrogens with one attached hydrogen (secondary N) is 1. The van der Waals surface area contributed by atoms with Crippen LogP contribution < -0.4 is 14.8 Å². The molecule has 3 aromatic rings. The summed E-state index contributed by atoms with van der Waals surface area (Å²) in [6.07, 6.45) is 3.32. The lowest BCUT2D eigenvalue weighted by molar-refractivity contribution is -0.118. The number of rotatable bonds is 5. The first-order chi connectivity index (χ1) is 16.3. The molecule has 7 nitrogen and oxygen atoms in total. The van der Waals surface area contributed by atoms with Gasteiger partial charge in [-0.3, -0.25) is 9.59 Å². The largest absolute Gasteiger partial charge is 0.454 e. The average Bonchev–Trinajstić information content (AvgIpc) is 3.52. The highest BCUT2D eigenvalue weighted by Crippen LogP contribution is 2.51. The van der Waals surface area contributed by atoms with Crippen molar-refractivity contribution >= 4 is 17.6 Å². The first-order valence-electron chi connectivity index (χ1n) is 11.3. The fraction of sp³-hybridized carbons (Fsp3) is 0.296. The van der Waals surface area contributed by atoms with E-state index < -0.39 is 5.41 Å². The van der Waals surface area contributed by atoms with E-state index in [9.17, 15) is 9.59 Å². The highest BCUT2D eigenvalue weighted by Gasteiger charge is 2.52. The molecule has 0 bridgehead atoms. The normalized spacial score (nSPS) is 15.1. The molecule has 7 heteroatoms. The number of pyridine rings is 1. The van der Waals surface area contributed by atoms with Crippen LogP contribution in [-0.4, -0.2) is 42.6 Å². The van der Waals surface area contributed by atoms with Crippen LogP contribution in [-0.2, 0) is 10.2 Å². The minimum Gasteiger partial charge on any atom is -0.454 e. The number of aromatic nitrogens is 1. The maximum absolute atomic E-state index is 13.3. The van der Waals surface area contributed by atoms with Gasteiger partial charge in [0.1, 0.15) is 5.82 Å². The third-order valence-electron chi connectivity index (χ3n) is 6.81. The molecular formula is C27H27N3O4. The lowest BCUT2D eigenvalue weighted by atomic mass is 9.94. The molecule has 1 aliphatic heterocycles. The van der Waals surface area contributed by atoms with Gasteiger partial charge < -0.3 is 19.7 Å². The van der Waals surface area contributed by atoms with Crippen molar-refractivity contribution in [1.82, 2.24) is 9.88 Å². The Labute approximate surface area is 198 Å². The molecule has 2 aromatic carbocycles. The van der Waals surface area contributed by atoms with Crippen molar-refractivity contribution in [2.24, 2.45) is 0 Å². The van der Waals surface area contributed by atoms with Gasteiger partial charge in [0.2, 0.25) is 12.7 Å². The molecule has 1 saturated carbocycles. The number of amides is 2. The van der Waals surface area contributed by atoms with Crippen molar-refractivity contribution in [3.8, 4) is 22.6 Å². The van der Waals surface area contributed by atoms with E-state index >= 15 is 0 Å². The van der Waals surface area contributed by atoms with Crippen LogP contribution in [0.5, 0.6) is 11.5 Å². The van der Waals surface area contributed by atoms with E-state index in [1.165, 1.54) is 0 Å². The lowest BCUT2D eigenvalue weighted by Gasteiger charge is -2.19. The number of carbonyl (C=O) groups is 2. The van der Waals surface area contributed by atoms with E-state index in [0.29, 0.717) is 22.9 Å². The molecule has 2 aliphatic rings. The van der Waals surface area contributed by atoms with Crippen molar-refractivity contribution < 1.29 is 19.1 Å². The van der Waals surface area contributed by atoms with E-state index in [1.54, 1.807) is 31.3 Å². The fourth-order valence-corrected chi connectivity index (χ4v) is 4.39. The third kappa shape index (κ3) is 3.67. The van der Waals surface area contributed by atoms with Gasteiger partial charge in [-0.2, -0.15) is 0 Å². The summed E-state index contributed by atoms with van der Waals surface area (Å²) in [5, 5.41) is 3.06. The standard InChI is InChI=1S/C27H27N3O4/c1-16-17(2)24(28-14-21(16)18-6-5-7-19(12-18)25(31)30(3)4)29-26(32)27(10-11-27)20-8-9-22-23(13-20)34-15-33-22/h5-9,12-14H,10-11,15H2,1-4H3,(H,28,29,32). The second-order valence-corrected chi connectivity index (χ2v) is 9.16. The Kier molecular flexibility index (Phi) is 5.27. The van der Waals surface area contributed by atoms with Crippen LogP contribution in [0.4, 0.5) is 5.82 Å². The molecule has 2 amide bonds. The first kappa shape index (κ1) is 21.9. The van der Waals surface area contributed by atoms with Crippen LogP contribution in [0.1, 0.15) is 39.9 Å². The maximum Gasteiger partial charge on any atom is 0.253 e. The number of hydrogen-bond donors (Lipinski definition) is 1. The Bertz CT molecular complexity index is 1310. The van der Waals surface area contributed by atoms with E-state index in [4.69, 9.17) is 9.47 Å². The molecule has 1 N–H and O–H groups in total. The van der Waals surface area contributed by atoms with Crippen LogP contribution in [0.15, 0.2) is 48.7 Å². The van der Waals surface area contributed by atoms with Crippen molar-refractivity contribution in [2.75, 3.05) is 26.2 Å². The summed E-state index contributed by atoms with van der Waals surface area (Å²) in [4.78, 5) is 31.9. The van der Waals surface area contributed by atoms with Gasteiger partial charge in [-0.05, 0) is 73.2 Å². The van der Waals surface area contributed by atoms with Gasteiger partial charge in [0.25, 0.3) is 5.91 Å². The Morgan fingerprint density at radius 3 is 2.50 bits per heavy atom. The molecule has 0 unspecified atom stereocenters. The summed E-state index contributed by atoms with van der Waals surface area (Å²) in [7, 11) is 3.47. The van der Waals surface area contributed by atoms with E-state index in [0.717, 1.165) is 40.7 Å². The second kappa shape index (κ2) is 8.17. The minimum absolute atomic E-state index is 0.0497. The number of fused-ring (bicyclic) bond motifs is 1. The molecule has 174 valence electrons. The van der Waals surface area contributed by atoms with Crippen molar-refractivity contribution in [3.63, 3.8) is 0 Å². The van der Waals surface area contributed by atoms with Crippen LogP contribution in [0, 0.1) is 13.8 Å². The Balaban J connectivity index is 1.40. The van der Waals surface area contributed by atoms with Crippen LogP contribution in [0.25, 0.3) is 11.1 Å². The molecule has 1 aliphatic carbocycles. The molecule has 5 rings (SSSR count). The Hall–Kier alpha value is -3.87. The summed E-state index contributed by atoms with van der Waals surface area (Å²) >= 11 is 0. The summed E-state index contributed by atoms with van der Waals surface area (Å²) in [6.45, 7) is 4.17. The number of anilines is 1. The third-order valence-corrected chi connectivity index (χ3v) is 6.81. The van der Waals surface area contributed by atoms with Gasteiger partial charge in [-0.15, -0.1) is 0 Å².